The van der Waals surface area contributed by atoms with Gasteiger partial charge in [-0.3, -0.25) is 5.32 Å². The van der Waals surface area contributed by atoms with Gasteiger partial charge < -0.3 is 19.7 Å². The normalized spacial score (nSPS) is 19.3. The van der Waals surface area contributed by atoms with Crippen molar-refractivity contribution in [3.8, 4) is 0 Å². The molecule has 0 aromatic rings. The highest BCUT2D eigenvalue weighted by molar-refractivity contribution is 5.97. The van der Waals surface area contributed by atoms with E-state index in [9.17, 15) is 9.59 Å². The first kappa shape index (κ1) is 15.6. The van der Waals surface area contributed by atoms with Gasteiger partial charge in [0, 0.05) is 12.5 Å². The molecule has 0 amide bonds. The van der Waals surface area contributed by atoms with Crippen LogP contribution in [0.3, 0.4) is 0 Å². The topological polar surface area (TPSA) is 105 Å². The molecular weight excluding hydrogens is 254 g/mol. The maximum atomic E-state index is 10.8. The summed E-state index contributed by atoms with van der Waals surface area (Å²) in [5, 5.41) is 20.1. The highest BCUT2D eigenvalue weighted by atomic mass is 16.7. The molecule has 19 heavy (non-hydrogen) atoms. The first-order chi connectivity index (χ1) is 8.90. The summed E-state index contributed by atoms with van der Waals surface area (Å²) in [7, 11) is 0. The predicted molar refractivity (Wildman–Crippen MR) is 65.7 cm³/mol. The van der Waals surface area contributed by atoms with E-state index in [4.69, 9.17) is 19.7 Å². The quantitative estimate of drug-likeness (QED) is 0.424. The fourth-order valence-electron chi connectivity index (χ4n) is 1.99. The molecule has 1 fully saturated rings. The summed E-state index contributed by atoms with van der Waals surface area (Å²) >= 11 is 0. The Morgan fingerprint density at radius 2 is 1.89 bits per heavy atom. The van der Waals surface area contributed by atoms with E-state index in [-0.39, 0.29) is 12.5 Å². The molecule has 1 saturated heterocycles. The van der Waals surface area contributed by atoms with Crippen LogP contribution < -0.4 is 5.32 Å². The Kier molecular flexibility index (Phi) is 5.46. The van der Waals surface area contributed by atoms with Crippen LogP contribution in [0.1, 0.15) is 13.3 Å². The molecule has 108 valence electrons. The number of ether oxygens (including phenoxy) is 2. The SMILES string of the molecule is C=CC[C@@H](CNC(C(=O)O)C(=O)O)C1(C)OCCO1. The molecule has 0 radical (unpaired) electrons. The molecule has 1 aliphatic heterocycles. The monoisotopic (exact) mass is 273 g/mol. The van der Waals surface area contributed by atoms with Crippen LogP contribution in [-0.2, 0) is 19.1 Å². The lowest BCUT2D eigenvalue weighted by Gasteiger charge is -2.32. The van der Waals surface area contributed by atoms with Crippen LogP contribution in [-0.4, -0.2) is 53.7 Å². The fraction of sp³-hybridized carbons (Fsp3) is 0.667. The second kappa shape index (κ2) is 6.65. The van der Waals surface area contributed by atoms with Gasteiger partial charge in [-0.25, -0.2) is 9.59 Å². The number of carboxylic acids is 2. The highest BCUT2D eigenvalue weighted by Crippen LogP contribution is 2.30. The van der Waals surface area contributed by atoms with Crippen molar-refractivity contribution in [2.75, 3.05) is 19.8 Å². The molecule has 1 atom stereocenters. The number of hydrogen-bond donors (Lipinski definition) is 3. The fourth-order valence-corrected chi connectivity index (χ4v) is 1.99. The Bertz CT molecular complexity index is 336. The Morgan fingerprint density at radius 1 is 1.37 bits per heavy atom. The second-order valence-corrected chi connectivity index (χ2v) is 4.45. The minimum absolute atomic E-state index is 0.145. The molecule has 0 aromatic carbocycles. The lowest BCUT2D eigenvalue weighted by Crippen LogP contribution is -2.49. The van der Waals surface area contributed by atoms with Gasteiger partial charge in [0.05, 0.1) is 13.2 Å². The zero-order chi connectivity index (χ0) is 14.5. The van der Waals surface area contributed by atoms with Crippen LogP contribution in [0.5, 0.6) is 0 Å². The number of nitrogens with one attached hydrogen (secondary N) is 1. The van der Waals surface area contributed by atoms with E-state index in [1.807, 2.05) is 0 Å². The van der Waals surface area contributed by atoms with Gasteiger partial charge in [0.2, 0.25) is 6.04 Å². The maximum Gasteiger partial charge on any atom is 0.332 e. The Hall–Kier alpha value is -1.44. The first-order valence-electron chi connectivity index (χ1n) is 5.98. The van der Waals surface area contributed by atoms with E-state index in [2.05, 4.69) is 11.9 Å². The zero-order valence-corrected chi connectivity index (χ0v) is 10.8. The lowest BCUT2D eigenvalue weighted by atomic mass is 9.95. The van der Waals surface area contributed by atoms with Gasteiger partial charge in [0.1, 0.15) is 0 Å². The summed E-state index contributed by atoms with van der Waals surface area (Å²) in [6, 6.07) is -1.64. The number of allylic oxidation sites excluding steroid dienone is 1. The molecule has 0 aliphatic carbocycles. The van der Waals surface area contributed by atoms with Gasteiger partial charge in [-0.15, -0.1) is 6.58 Å². The predicted octanol–water partition coefficient (Wildman–Crippen LogP) is 0.0691. The van der Waals surface area contributed by atoms with Crippen molar-refractivity contribution in [1.29, 1.82) is 0 Å². The molecule has 0 saturated carbocycles. The molecule has 1 rings (SSSR count). The van der Waals surface area contributed by atoms with E-state index in [0.717, 1.165) is 0 Å². The van der Waals surface area contributed by atoms with Gasteiger partial charge in [0.25, 0.3) is 0 Å². The van der Waals surface area contributed by atoms with Crippen molar-refractivity contribution in [1.82, 2.24) is 5.32 Å². The Morgan fingerprint density at radius 3 is 2.32 bits per heavy atom. The second-order valence-electron chi connectivity index (χ2n) is 4.45. The third-order valence-corrected chi connectivity index (χ3v) is 3.12. The molecular formula is C12H19NO6. The summed E-state index contributed by atoms with van der Waals surface area (Å²) in [4.78, 5) is 21.6. The zero-order valence-electron chi connectivity index (χ0n) is 10.8. The van der Waals surface area contributed by atoms with Crippen molar-refractivity contribution >= 4 is 11.9 Å². The molecule has 0 bridgehead atoms. The van der Waals surface area contributed by atoms with Crippen molar-refractivity contribution < 1.29 is 29.3 Å². The summed E-state index contributed by atoms with van der Waals surface area (Å²) < 4.78 is 11.0. The standard InChI is InChI=1S/C12H19NO6/c1-3-4-8(12(2)18-5-6-19-12)7-13-9(10(14)15)11(16)17/h3,8-9,13H,1,4-7H2,2H3,(H,14,15)(H,16,17)/t8-/m0/s1. The Balaban J connectivity index is 2.65. The van der Waals surface area contributed by atoms with E-state index in [1.165, 1.54) is 0 Å². The number of aliphatic carboxylic acids is 2. The summed E-state index contributed by atoms with van der Waals surface area (Å²) in [5.41, 5.74) is 0. The minimum Gasteiger partial charge on any atom is -0.480 e. The number of hydrogen-bond acceptors (Lipinski definition) is 5. The lowest BCUT2D eigenvalue weighted by molar-refractivity contribution is -0.180. The first-order valence-corrected chi connectivity index (χ1v) is 5.98. The number of carboxylic acid groups (broad SMARTS) is 2. The minimum atomic E-state index is -1.64. The maximum absolute atomic E-state index is 10.8. The van der Waals surface area contributed by atoms with Crippen LogP contribution in [0.15, 0.2) is 12.7 Å². The van der Waals surface area contributed by atoms with Crippen molar-refractivity contribution in [2.45, 2.75) is 25.2 Å². The summed E-state index contributed by atoms with van der Waals surface area (Å²) in [5.74, 6) is -3.91. The number of rotatable bonds is 8. The number of carbonyl (C=O) groups is 2. The Labute approximate surface area is 111 Å². The molecule has 1 aliphatic rings. The molecule has 0 aromatic heterocycles. The largest absolute Gasteiger partial charge is 0.480 e. The van der Waals surface area contributed by atoms with E-state index >= 15 is 0 Å². The van der Waals surface area contributed by atoms with Crippen molar-refractivity contribution in [2.24, 2.45) is 5.92 Å². The van der Waals surface area contributed by atoms with Gasteiger partial charge in [-0.1, -0.05) is 6.08 Å². The molecule has 3 N–H and O–H groups in total. The van der Waals surface area contributed by atoms with Crippen molar-refractivity contribution in [3.63, 3.8) is 0 Å². The molecule has 7 heteroatoms. The van der Waals surface area contributed by atoms with Gasteiger partial charge in [0.15, 0.2) is 5.79 Å². The third kappa shape index (κ3) is 4.02. The highest BCUT2D eigenvalue weighted by Gasteiger charge is 2.40. The summed E-state index contributed by atoms with van der Waals surface area (Å²) in [6.07, 6.45) is 2.19. The van der Waals surface area contributed by atoms with Crippen LogP contribution in [0.2, 0.25) is 0 Å². The third-order valence-electron chi connectivity index (χ3n) is 3.12. The smallest absolute Gasteiger partial charge is 0.332 e. The average Bonchev–Trinajstić information content (AvgIpc) is 2.75. The molecule has 0 unspecified atom stereocenters. The van der Waals surface area contributed by atoms with E-state index < -0.39 is 23.8 Å². The van der Waals surface area contributed by atoms with Crippen molar-refractivity contribution in [3.05, 3.63) is 12.7 Å². The van der Waals surface area contributed by atoms with Gasteiger partial charge in [-0.2, -0.15) is 0 Å². The van der Waals surface area contributed by atoms with Crippen LogP contribution in [0.25, 0.3) is 0 Å². The summed E-state index contributed by atoms with van der Waals surface area (Å²) in [6.45, 7) is 6.46. The van der Waals surface area contributed by atoms with Crippen LogP contribution in [0.4, 0.5) is 0 Å². The average molecular weight is 273 g/mol. The molecule has 1 heterocycles. The van der Waals surface area contributed by atoms with E-state index in [0.29, 0.717) is 19.6 Å². The van der Waals surface area contributed by atoms with Crippen LogP contribution in [0, 0.1) is 5.92 Å². The van der Waals surface area contributed by atoms with Gasteiger partial charge in [-0.05, 0) is 13.3 Å². The van der Waals surface area contributed by atoms with Crippen LogP contribution >= 0.6 is 0 Å². The van der Waals surface area contributed by atoms with Gasteiger partial charge >= 0.3 is 11.9 Å². The molecule has 7 nitrogen and oxygen atoms in total. The molecule has 0 spiro atoms. The van der Waals surface area contributed by atoms with E-state index in [1.54, 1.807) is 13.0 Å².